The molecule has 0 amide bonds. The third kappa shape index (κ3) is 5.87. The van der Waals surface area contributed by atoms with E-state index in [9.17, 15) is 13.2 Å². The molecule has 0 bridgehead atoms. The van der Waals surface area contributed by atoms with Gasteiger partial charge in [0.25, 0.3) is 0 Å². The number of methoxy groups -OCH3 is 1. The molecule has 0 aliphatic rings. The second-order valence-corrected chi connectivity index (χ2v) is 3.72. The molecule has 0 aliphatic heterocycles. The lowest BCUT2D eigenvalue weighted by Crippen LogP contribution is -2.41. The van der Waals surface area contributed by atoms with Gasteiger partial charge in [0, 0.05) is 7.11 Å². The Balaban J connectivity index is 4.27. The molecule has 1 atom stereocenters. The van der Waals surface area contributed by atoms with Gasteiger partial charge in [-0.05, 0) is 20.8 Å². The van der Waals surface area contributed by atoms with Crippen LogP contribution in [0, 0.1) is 0 Å². The average molecular weight is 200 g/mol. The first-order chi connectivity index (χ1) is 5.67. The number of ether oxygens (including phenoxy) is 2. The van der Waals surface area contributed by atoms with E-state index in [1.54, 1.807) is 20.8 Å². The van der Waals surface area contributed by atoms with Crippen molar-refractivity contribution in [2.24, 2.45) is 0 Å². The number of hydrogen-bond donors (Lipinski definition) is 0. The molecule has 0 rings (SSSR count). The molecular formula is C8H15F3O2. The van der Waals surface area contributed by atoms with Crippen LogP contribution in [0.3, 0.4) is 0 Å². The van der Waals surface area contributed by atoms with Crippen molar-refractivity contribution in [3.05, 3.63) is 0 Å². The Hall–Kier alpha value is -0.290. The van der Waals surface area contributed by atoms with E-state index in [0.717, 1.165) is 0 Å². The lowest BCUT2D eigenvalue weighted by Gasteiger charge is -2.28. The van der Waals surface area contributed by atoms with Gasteiger partial charge >= 0.3 is 6.18 Å². The highest BCUT2D eigenvalue weighted by Gasteiger charge is 2.42. The van der Waals surface area contributed by atoms with Crippen LogP contribution < -0.4 is 0 Å². The maximum atomic E-state index is 12.2. The molecule has 0 aromatic rings. The van der Waals surface area contributed by atoms with E-state index in [1.807, 2.05) is 0 Å². The highest BCUT2D eigenvalue weighted by Crippen LogP contribution is 2.26. The van der Waals surface area contributed by atoms with Crippen LogP contribution in [0.5, 0.6) is 0 Å². The third-order valence-corrected chi connectivity index (χ3v) is 1.18. The highest BCUT2D eigenvalue weighted by molar-refractivity contribution is 4.72. The molecular weight excluding hydrogens is 185 g/mol. The van der Waals surface area contributed by atoms with Crippen LogP contribution in [-0.4, -0.2) is 31.6 Å². The van der Waals surface area contributed by atoms with Crippen LogP contribution in [-0.2, 0) is 9.47 Å². The maximum absolute atomic E-state index is 12.2. The molecule has 0 aromatic carbocycles. The summed E-state index contributed by atoms with van der Waals surface area (Å²) in [7, 11) is 1.21. The predicted molar refractivity (Wildman–Crippen MR) is 42.6 cm³/mol. The largest absolute Gasteiger partial charge is 0.416 e. The first-order valence-electron chi connectivity index (χ1n) is 3.90. The molecule has 80 valence electrons. The van der Waals surface area contributed by atoms with Gasteiger partial charge < -0.3 is 9.47 Å². The Morgan fingerprint density at radius 3 is 1.85 bits per heavy atom. The summed E-state index contributed by atoms with van der Waals surface area (Å²) in [5.74, 6) is 0. The van der Waals surface area contributed by atoms with Crippen LogP contribution in [0.15, 0.2) is 0 Å². The Kier molecular flexibility index (Phi) is 4.19. The zero-order valence-corrected chi connectivity index (χ0v) is 8.23. The molecule has 0 unspecified atom stereocenters. The van der Waals surface area contributed by atoms with Gasteiger partial charge in [-0.15, -0.1) is 0 Å². The molecule has 0 saturated carbocycles. The minimum absolute atomic E-state index is 0.471. The van der Waals surface area contributed by atoms with Crippen molar-refractivity contribution in [3.63, 3.8) is 0 Å². The first kappa shape index (κ1) is 12.7. The van der Waals surface area contributed by atoms with Crippen molar-refractivity contribution in [2.75, 3.05) is 13.7 Å². The fourth-order valence-electron chi connectivity index (χ4n) is 0.773. The van der Waals surface area contributed by atoms with Crippen molar-refractivity contribution in [1.29, 1.82) is 0 Å². The van der Waals surface area contributed by atoms with Crippen molar-refractivity contribution >= 4 is 0 Å². The zero-order chi connectivity index (χ0) is 10.7. The van der Waals surface area contributed by atoms with Crippen LogP contribution in [0.1, 0.15) is 20.8 Å². The summed E-state index contributed by atoms with van der Waals surface area (Å²) in [6.45, 7) is 4.24. The van der Waals surface area contributed by atoms with Gasteiger partial charge in [0.05, 0.1) is 12.2 Å². The van der Waals surface area contributed by atoms with E-state index in [4.69, 9.17) is 4.74 Å². The monoisotopic (exact) mass is 200 g/mol. The highest BCUT2D eigenvalue weighted by atomic mass is 19.4. The molecule has 0 fully saturated rings. The molecule has 0 spiro atoms. The number of alkyl halides is 3. The minimum Gasteiger partial charge on any atom is -0.382 e. The standard InChI is InChI=1S/C8H15F3O2/c1-7(2,3)13-6(5-12-4)8(9,10)11/h6H,5H2,1-4H3/t6-/m1/s1. The molecule has 0 aliphatic carbocycles. The van der Waals surface area contributed by atoms with Gasteiger partial charge in [0.1, 0.15) is 0 Å². The van der Waals surface area contributed by atoms with Gasteiger partial charge in [-0.1, -0.05) is 0 Å². The van der Waals surface area contributed by atoms with Gasteiger partial charge in [0.15, 0.2) is 6.10 Å². The third-order valence-electron chi connectivity index (χ3n) is 1.18. The van der Waals surface area contributed by atoms with Gasteiger partial charge in [-0.2, -0.15) is 13.2 Å². The lowest BCUT2D eigenvalue weighted by atomic mass is 10.2. The minimum atomic E-state index is -4.37. The topological polar surface area (TPSA) is 18.5 Å². The summed E-state index contributed by atoms with van der Waals surface area (Å²) >= 11 is 0. The number of halogens is 3. The average Bonchev–Trinajstić information content (AvgIpc) is 1.81. The SMILES string of the molecule is COC[C@@H](OC(C)(C)C)C(F)(F)F. The Morgan fingerprint density at radius 2 is 1.62 bits per heavy atom. The number of rotatable bonds is 3. The van der Waals surface area contributed by atoms with E-state index in [0.29, 0.717) is 0 Å². The molecule has 5 heteroatoms. The first-order valence-corrected chi connectivity index (χ1v) is 3.90. The van der Waals surface area contributed by atoms with Crippen molar-refractivity contribution in [2.45, 2.75) is 38.7 Å². The zero-order valence-electron chi connectivity index (χ0n) is 8.23. The number of hydrogen-bond acceptors (Lipinski definition) is 2. The Labute approximate surface area is 76.0 Å². The van der Waals surface area contributed by atoms with Crippen molar-refractivity contribution in [3.8, 4) is 0 Å². The van der Waals surface area contributed by atoms with E-state index in [1.165, 1.54) is 7.11 Å². The molecule has 0 N–H and O–H groups in total. The van der Waals surface area contributed by atoms with Gasteiger partial charge in [-0.3, -0.25) is 0 Å². The summed E-state index contributed by atoms with van der Waals surface area (Å²) in [5.41, 5.74) is -0.821. The van der Waals surface area contributed by atoms with Crippen LogP contribution in [0.2, 0.25) is 0 Å². The van der Waals surface area contributed by atoms with E-state index < -0.39 is 24.5 Å². The molecule has 0 heterocycles. The lowest BCUT2D eigenvalue weighted by molar-refractivity contribution is -0.256. The van der Waals surface area contributed by atoms with E-state index in [-0.39, 0.29) is 0 Å². The predicted octanol–water partition coefficient (Wildman–Crippen LogP) is 2.38. The fraction of sp³-hybridized carbons (Fsp3) is 1.00. The van der Waals surface area contributed by atoms with Crippen molar-refractivity contribution in [1.82, 2.24) is 0 Å². The summed E-state index contributed by atoms with van der Waals surface area (Å²) in [5, 5.41) is 0. The van der Waals surface area contributed by atoms with Crippen molar-refractivity contribution < 1.29 is 22.6 Å². The second kappa shape index (κ2) is 4.28. The normalized spacial score (nSPS) is 15.9. The quantitative estimate of drug-likeness (QED) is 0.696. The van der Waals surface area contributed by atoms with Crippen LogP contribution in [0.4, 0.5) is 13.2 Å². The Morgan fingerprint density at radius 1 is 1.15 bits per heavy atom. The van der Waals surface area contributed by atoms with E-state index in [2.05, 4.69) is 4.74 Å². The second-order valence-electron chi connectivity index (χ2n) is 3.72. The summed E-state index contributed by atoms with van der Waals surface area (Å²) in [6, 6.07) is 0. The molecule has 2 nitrogen and oxygen atoms in total. The van der Waals surface area contributed by atoms with Crippen LogP contribution >= 0.6 is 0 Å². The molecule has 0 radical (unpaired) electrons. The summed E-state index contributed by atoms with van der Waals surface area (Å²) in [4.78, 5) is 0. The summed E-state index contributed by atoms with van der Waals surface area (Å²) < 4.78 is 45.9. The molecule has 0 aromatic heterocycles. The fourth-order valence-corrected chi connectivity index (χ4v) is 0.773. The Bertz CT molecular complexity index is 148. The van der Waals surface area contributed by atoms with Gasteiger partial charge in [-0.25, -0.2) is 0 Å². The summed E-state index contributed by atoms with van der Waals surface area (Å²) in [6.07, 6.45) is -6.22. The smallest absolute Gasteiger partial charge is 0.382 e. The molecule has 13 heavy (non-hydrogen) atoms. The maximum Gasteiger partial charge on any atom is 0.416 e. The van der Waals surface area contributed by atoms with Gasteiger partial charge in [0.2, 0.25) is 0 Å². The molecule has 0 saturated heterocycles. The van der Waals surface area contributed by atoms with Crippen LogP contribution in [0.25, 0.3) is 0 Å². The van der Waals surface area contributed by atoms with E-state index >= 15 is 0 Å².